The highest BCUT2D eigenvalue weighted by Gasteiger charge is 2.20. The number of anilines is 1. The second-order valence-electron chi connectivity index (χ2n) is 8.06. The summed E-state index contributed by atoms with van der Waals surface area (Å²) in [6.45, 7) is 4.41. The van der Waals surface area contributed by atoms with Crippen LogP contribution < -0.4 is 10.1 Å². The molecule has 0 bridgehead atoms. The molecule has 32 heavy (non-hydrogen) atoms. The predicted octanol–water partition coefficient (Wildman–Crippen LogP) is 4.64. The Morgan fingerprint density at radius 2 is 2.00 bits per heavy atom. The molecule has 0 atom stereocenters. The lowest BCUT2D eigenvalue weighted by molar-refractivity contribution is -0.113. The quantitative estimate of drug-likeness (QED) is 0.477. The predicted molar refractivity (Wildman–Crippen MR) is 126 cm³/mol. The fourth-order valence-electron chi connectivity index (χ4n) is 3.70. The third-order valence-electron chi connectivity index (χ3n) is 5.81. The highest BCUT2D eigenvalue weighted by Crippen LogP contribution is 2.35. The largest absolute Gasteiger partial charge is 0.485 e. The minimum Gasteiger partial charge on any atom is -0.485 e. The van der Waals surface area contributed by atoms with Crippen molar-refractivity contribution in [2.75, 3.05) is 11.1 Å². The summed E-state index contributed by atoms with van der Waals surface area (Å²) in [5.41, 5.74) is 2.30. The third kappa shape index (κ3) is 5.47. The van der Waals surface area contributed by atoms with E-state index in [1.165, 1.54) is 60.8 Å². The zero-order valence-corrected chi connectivity index (χ0v) is 20.3. The van der Waals surface area contributed by atoms with E-state index in [4.69, 9.17) is 4.74 Å². The molecule has 4 rings (SSSR count). The second kappa shape index (κ2) is 10.4. The average molecular weight is 473 g/mol. The van der Waals surface area contributed by atoms with Crippen molar-refractivity contribution in [2.45, 2.75) is 63.6 Å². The van der Waals surface area contributed by atoms with Crippen LogP contribution in [0.4, 0.5) is 5.13 Å². The van der Waals surface area contributed by atoms with Crippen molar-refractivity contribution in [1.29, 1.82) is 0 Å². The van der Waals surface area contributed by atoms with Gasteiger partial charge < -0.3 is 9.30 Å². The van der Waals surface area contributed by atoms with Gasteiger partial charge in [0.1, 0.15) is 17.4 Å². The maximum Gasteiger partial charge on any atom is 0.236 e. The molecule has 1 aliphatic rings. The number of nitrogens with one attached hydrogen (secondary N) is 1. The Labute approximate surface area is 196 Å². The molecular formula is C22H28N6O2S2. The van der Waals surface area contributed by atoms with E-state index >= 15 is 0 Å². The summed E-state index contributed by atoms with van der Waals surface area (Å²) in [7, 11) is 1.88. The summed E-state index contributed by atoms with van der Waals surface area (Å²) in [4.78, 5) is 12.4. The second-order valence-corrected chi connectivity index (χ2v) is 10.0. The number of aryl methyl sites for hydroxylation is 1. The molecule has 0 unspecified atom stereocenters. The summed E-state index contributed by atoms with van der Waals surface area (Å²) in [6, 6.07) is 5.99. The van der Waals surface area contributed by atoms with Gasteiger partial charge >= 0.3 is 0 Å². The molecule has 1 saturated carbocycles. The maximum atomic E-state index is 12.4. The molecule has 1 fully saturated rings. The first kappa shape index (κ1) is 22.7. The van der Waals surface area contributed by atoms with Gasteiger partial charge in [-0.05, 0) is 43.9 Å². The van der Waals surface area contributed by atoms with Gasteiger partial charge in [0.2, 0.25) is 11.0 Å². The standard InChI is InChI=1S/C22H28N6O2S2/c1-14-8-7-11-17(15(14)2)30-12-18-24-27-22(28(18)3)31-13-19(29)23-21-26-25-20(32-21)16-9-5-4-6-10-16/h7-8,11,16H,4-6,9-10,12-13H2,1-3H3,(H,23,26,29). The van der Waals surface area contributed by atoms with Gasteiger partial charge in [-0.15, -0.1) is 20.4 Å². The van der Waals surface area contributed by atoms with Gasteiger partial charge in [-0.25, -0.2) is 0 Å². The number of carbonyl (C=O) groups excluding carboxylic acids is 1. The molecule has 10 heteroatoms. The van der Waals surface area contributed by atoms with Gasteiger partial charge in [0.05, 0.1) is 5.75 Å². The van der Waals surface area contributed by atoms with Crippen molar-refractivity contribution >= 4 is 34.1 Å². The number of hydrogen-bond donors (Lipinski definition) is 1. The van der Waals surface area contributed by atoms with E-state index in [2.05, 4.69) is 38.7 Å². The van der Waals surface area contributed by atoms with Crippen molar-refractivity contribution in [1.82, 2.24) is 25.0 Å². The molecule has 1 N–H and O–H groups in total. The van der Waals surface area contributed by atoms with Crippen molar-refractivity contribution < 1.29 is 9.53 Å². The van der Waals surface area contributed by atoms with Crippen LogP contribution in [0.25, 0.3) is 0 Å². The van der Waals surface area contributed by atoms with Crippen LogP contribution in [-0.4, -0.2) is 36.6 Å². The fraction of sp³-hybridized carbons (Fsp3) is 0.500. The Balaban J connectivity index is 1.28. The minimum atomic E-state index is -0.127. The van der Waals surface area contributed by atoms with Gasteiger partial charge in [-0.2, -0.15) is 0 Å². The number of aromatic nitrogens is 5. The normalized spacial score (nSPS) is 14.5. The number of ether oxygens (including phenoxy) is 1. The van der Waals surface area contributed by atoms with Crippen molar-refractivity contribution in [2.24, 2.45) is 7.05 Å². The first-order valence-electron chi connectivity index (χ1n) is 10.8. The number of hydrogen-bond acceptors (Lipinski definition) is 8. The van der Waals surface area contributed by atoms with E-state index in [0.717, 1.165) is 16.3 Å². The molecule has 0 saturated heterocycles. The lowest BCUT2D eigenvalue weighted by atomic mass is 9.90. The summed E-state index contributed by atoms with van der Waals surface area (Å²) < 4.78 is 7.79. The van der Waals surface area contributed by atoms with Gasteiger partial charge in [0.15, 0.2) is 11.0 Å². The van der Waals surface area contributed by atoms with Crippen molar-refractivity contribution in [3.05, 3.63) is 40.2 Å². The summed E-state index contributed by atoms with van der Waals surface area (Å²) in [6.07, 6.45) is 6.13. The number of thioether (sulfide) groups is 1. The van der Waals surface area contributed by atoms with E-state index in [1.54, 1.807) is 0 Å². The van der Waals surface area contributed by atoms with Crippen LogP contribution in [0, 0.1) is 13.8 Å². The molecule has 0 spiro atoms. The van der Waals surface area contributed by atoms with E-state index in [-0.39, 0.29) is 11.7 Å². The molecule has 2 aromatic heterocycles. The van der Waals surface area contributed by atoms with Crippen LogP contribution in [0.1, 0.15) is 60.0 Å². The van der Waals surface area contributed by atoms with E-state index in [9.17, 15) is 4.79 Å². The number of carbonyl (C=O) groups is 1. The molecule has 3 aromatic rings. The van der Waals surface area contributed by atoms with Crippen molar-refractivity contribution in [3.63, 3.8) is 0 Å². The average Bonchev–Trinajstić information content (AvgIpc) is 3.40. The highest BCUT2D eigenvalue weighted by molar-refractivity contribution is 7.99. The molecular weight excluding hydrogens is 444 g/mol. The number of rotatable bonds is 8. The Morgan fingerprint density at radius 1 is 1.19 bits per heavy atom. The Kier molecular flexibility index (Phi) is 7.41. The molecule has 1 aliphatic carbocycles. The zero-order valence-electron chi connectivity index (χ0n) is 18.6. The van der Waals surface area contributed by atoms with Gasteiger partial charge in [-0.3, -0.25) is 10.1 Å². The van der Waals surface area contributed by atoms with E-state index < -0.39 is 0 Å². The summed E-state index contributed by atoms with van der Waals surface area (Å²) >= 11 is 2.83. The summed E-state index contributed by atoms with van der Waals surface area (Å²) in [5.74, 6) is 2.13. The number of nitrogens with zero attached hydrogens (tertiary/aromatic N) is 5. The highest BCUT2D eigenvalue weighted by atomic mass is 32.2. The zero-order chi connectivity index (χ0) is 22.5. The summed E-state index contributed by atoms with van der Waals surface area (Å²) in [5, 5.41) is 22.0. The third-order valence-corrected chi connectivity index (χ3v) is 7.83. The minimum absolute atomic E-state index is 0.127. The van der Waals surface area contributed by atoms with Crippen LogP contribution in [0.15, 0.2) is 23.4 Å². The number of amides is 1. The van der Waals surface area contributed by atoms with Gasteiger partial charge in [-0.1, -0.05) is 54.5 Å². The monoisotopic (exact) mass is 472 g/mol. The van der Waals surface area contributed by atoms with Gasteiger partial charge in [0, 0.05) is 13.0 Å². The van der Waals surface area contributed by atoms with Crippen LogP contribution in [0.5, 0.6) is 5.75 Å². The molecule has 8 nitrogen and oxygen atoms in total. The first-order chi connectivity index (χ1) is 15.5. The van der Waals surface area contributed by atoms with Crippen LogP contribution in [0.3, 0.4) is 0 Å². The van der Waals surface area contributed by atoms with E-state index in [0.29, 0.717) is 28.6 Å². The number of benzene rings is 1. The Morgan fingerprint density at radius 3 is 2.81 bits per heavy atom. The maximum absolute atomic E-state index is 12.4. The van der Waals surface area contributed by atoms with E-state index in [1.807, 2.05) is 30.7 Å². The molecule has 0 aliphatic heterocycles. The topological polar surface area (TPSA) is 94.8 Å². The molecule has 2 heterocycles. The molecule has 1 aromatic carbocycles. The van der Waals surface area contributed by atoms with Crippen LogP contribution >= 0.6 is 23.1 Å². The van der Waals surface area contributed by atoms with Crippen molar-refractivity contribution in [3.8, 4) is 5.75 Å². The van der Waals surface area contributed by atoms with Gasteiger partial charge in [0.25, 0.3) is 0 Å². The Bertz CT molecular complexity index is 1070. The fourth-order valence-corrected chi connectivity index (χ4v) is 5.36. The van der Waals surface area contributed by atoms with Crippen LogP contribution in [0.2, 0.25) is 0 Å². The smallest absolute Gasteiger partial charge is 0.236 e. The molecule has 170 valence electrons. The Hall–Kier alpha value is -2.46. The lowest BCUT2D eigenvalue weighted by Gasteiger charge is -2.18. The lowest BCUT2D eigenvalue weighted by Crippen LogP contribution is -2.14. The molecule has 1 amide bonds. The molecule has 0 radical (unpaired) electrons. The SMILES string of the molecule is Cc1cccc(OCc2nnc(SCC(=O)Nc3nnc(C4CCCCC4)s3)n2C)c1C. The first-order valence-corrected chi connectivity index (χ1v) is 12.6. The van der Waals surface area contributed by atoms with Crippen LogP contribution in [-0.2, 0) is 18.4 Å².